The third-order valence-electron chi connectivity index (χ3n) is 4.01. The summed E-state index contributed by atoms with van der Waals surface area (Å²) < 4.78 is 43.6. The van der Waals surface area contributed by atoms with E-state index in [-0.39, 0.29) is 17.0 Å². The second kappa shape index (κ2) is 6.87. The summed E-state index contributed by atoms with van der Waals surface area (Å²) in [5, 5.41) is 17.9. The lowest BCUT2D eigenvalue weighted by Gasteiger charge is -2.37. The topological polar surface area (TPSA) is 69.1 Å². The number of alkyl halides is 3. The van der Waals surface area contributed by atoms with Crippen LogP contribution in [0.5, 0.6) is 0 Å². The van der Waals surface area contributed by atoms with Gasteiger partial charge in [-0.3, -0.25) is 10.4 Å². The van der Waals surface area contributed by atoms with E-state index in [0.717, 1.165) is 12.1 Å². The van der Waals surface area contributed by atoms with Crippen molar-refractivity contribution in [3.8, 4) is 0 Å². The monoisotopic (exact) mass is 355 g/mol. The molecule has 1 saturated heterocycles. The average molecular weight is 355 g/mol. The maximum absolute atomic E-state index is 12.7. The summed E-state index contributed by atoms with van der Waals surface area (Å²) in [5.41, 5.74) is 0.0839. The lowest BCUT2D eigenvalue weighted by molar-refractivity contribution is -0.137. The van der Waals surface area contributed by atoms with Crippen molar-refractivity contribution in [1.82, 2.24) is 4.98 Å². The van der Waals surface area contributed by atoms with Crippen LogP contribution in [0.15, 0.2) is 42.6 Å². The van der Waals surface area contributed by atoms with Crippen LogP contribution in [0.4, 0.5) is 24.7 Å². The molecule has 1 aliphatic rings. The normalized spacial score (nSPS) is 18.3. The van der Waals surface area contributed by atoms with Crippen LogP contribution in [-0.2, 0) is 10.9 Å². The Bertz CT molecular complexity index is 705. The van der Waals surface area contributed by atoms with Gasteiger partial charge in [0.05, 0.1) is 31.0 Å². The Kier molecular flexibility index (Phi) is 4.80. The summed E-state index contributed by atoms with van der Waals surface area (Å²) in [5.74, 6) is 0.568. The molecule has 0 radical (unpaired) electrons. The smallest absolute Gasteiger partial charge is 0.377 e. The van der Waals surface area contributed by atoms with Crippen molar-refractivity contribution < 1.29 is 28.3 Å². The minimum absolute atomic E-state index is 0.0383. The van der Waals surface area contributed by atoms with Crippen molar-refractivity contribution in [1.29, 1.82) is 0 Å². The van der Waals surface area contributed by atoms with E-state index in [1.165, 1.54) is 24.4 Å². The Hall–Kier alpha value is -2.36. The molecule has 0 unspecified atom stereocenters. The number of benzene rings is 1. The largest absolute Gasteiger partial charge is 0.416 e. The lowest BCUT2D eigenvalue weighted by Crippen LogP contribution is -2.40. The number of ether oxygens (including phenoxy) is 1. The fraction of sp³-hybridized carbons (Fsp3) is 0.312. The van der Waals surface area contributed by atoms with Gasteiger partial charge in [-0.15, -0.1) is 5.23 Å². The molecule has 1 aromatic heterocycles. The Morgan fingerprint density at radius 3 is 2.40 bits per heavy atom. The molecule has 1 fully saturated rings. The maximum Gasteiger partial charge on any atom is 0.416 e. The number of hydrogen-bond donors (Lipinski definition) is 2. The summed E-state index contributed by atoms with van der Waals surface area (Å²) in [7, 11) is 0. The van der Waals surface area contributed by atoms with E-state index in [2.05, 4.69) is 4.98 Å². The molecule has 1 aromatic carbocycles. The molecule has 0 aliphatic carbocycles. The number of halogens is 3. The number of rotatable bonds is 3. The highest BCUT2D eigenvalue weighted by Gasteiger charge is 2.31. The first-order valence-corrected chi connectivity index (χ1v) is 7.52. The molecular formula is C16H16F3N3O3. The number of nitrogens with zero attached hydrogens (tertiary/aromatic N) is 3. The number of pyridine rings is 1. The summed E-state index contributed by atoms with van der Waals surface area (Å²) in [4.78, 5) is 6.10. The van der Waals surface area contributed by atoms with Crippen LogP contribution in [0.3, 0.4) is 0 Å². The fourth-order valence-electron chi connectivity index (χ4n) is 2.71. The van der Waals surface area contributed by atoms with Crippen LogP contribution in [0.1, 0.15) is 17.2 Å². The summed E-state index contributed by atoms with van der Waals surface area (Å²) >= 11 is 0. The van der Waals surface area contributed by atoms with Gasteiger partial charge < -0.3 is 9.64 Å². The Balaban J connectivity index is 1.85. The van der Waals surface area contributed by atoms with Gasteiger partial charge in [0.2, 0.25) is 0 Å². The molecule has 2 heterocycles. The lowest BCUT2D eigenvalue weighted by atomic mass is 10.0. The number of morpholine rings is 1. The predicted molar refractivity (Wildman–Crippen MR) is 82.6 cm³/mol. The molecule has 0 amide bonds. The highest BCUT2D eigenvalue weighted by Crippen LogP contribution is 2.33. The van der Waals surface area contributed by atoms with Crippen molar-refractivity contribution in [2.75, 3.05) is 29.9 Å². The molecule has 2 aromatic rings. The van der Waals surface area contributed by atoms with Crippen molar-refractivity contribution >= 4 is 11.5 Å². The van der Waals surface area contributed by atoms with Gasteiger partial charge in [-0.05, 0) is 29.8 Å². The van der Waals surface area contributed by atoms with Crippen molar-refractivity contribution in [2.45, 2.75) is 12.2 Å². The number of hydrogen-bond acceptors (Lipinski definition) is 6. The first kappa shape index (κ1) is 17.5. The van der Waals surface area contributed by atoms with Crippen molar-refractivity contribution in [3.05, 3.63) is 53.7 Å². The standard InChI is InChI=1S/C16H16F3N3O3/c17-16(18,19)12-3-1-11(2-4-12)14-10-25-8-7-21(14)15-6-5-13(9-20-15)22(23)24/h1-6,9,14,23-24H,7-8,10H2/t14-/m1/s1. The Morgan fingerprint density at radius 1 is 1.12 bits per heavy atom. The molecule has 0 spiro atoms. The van der Waals surface area contributed by atoms with Crippen LogP contribution in [0, 0.1) is 0 Å². The average Bonchev–Trinajstić information content (AvgIpc) is 2.61. The van der Waals surface area contributed by atoms with E-state index in [9.17, 15) is 13.2 Å². The third-order valence-corrected chi connectivity index (χ3v) is 4.01. The number of aromatic nitrogens is 1. The molecule has 1 aliphatic heterocycles. The maximum atomic E-state index is 12.7. The highest BCUT2D eigenvalue weighted by atomic mass is 19.4. The van der Waals surface area contributed by atoms with Crippen LogP contribution in [0.25, 0.3) is 0 Å². The van der Waals surface area contributed by atoms with E-state index in [1.807, 2.05) is 4.90 Å². The van der Waals surface area contributed by atoms with E-state index in [4.69, 9.17) is 15.2 Å². The van der Waals surface area contributed by atoms with Crippen LogP contribution >= 0.6 is 0 Å². The molecule has 9 heteroatoms. The zero-order valence-electron chi connectivity index (χ0n) is 13.0. The molecule has 0 bridgehead atoms. The van der Waals surface area contributed by atoms with Crippen LogP contribution < -0.4 is 10.1 Å². The van der Waals surface area contributed by atoms with Crippen LogP contribution in [0.2, 0.25) is 0 Å². The zero-order chi connectivity index (χ0) is 18.0. The minimum atomic E-state index is -4.38. The Morgan fingerprint density at radius 2 is 1.84 bits per heavy atom. The van der Waals surface area contributed by atoms with Crippen LogP contribution in [-0.4, -0.2) is 35.2 Å². The molecule has 0 saturated carbocycles. The van der Waals surface area contributed by atoms with E-state index >= 15 is 0 Å². The van der Waals surface area contributed by atoms with Crippen molar-refractivity contribution in [3.63, 3.8) is 0 Å². The van der Waals surface area contributed by atoms with Gasteiger partial charge in [-0.2, -0.15) is 13.2 Å². The van der Waals surface area contributed by atoms with Gasteiger partial charge in [0.1, 0.15) is 11.5 Å². The van der Waals surface area contributed by atoms with E-state index in [1.54, 1.807) is 6.07 Å². The van der Waals surface area contributed by atoms with E-state index in [0.29, 0.717) is 31.1 Å². The minimum Gasteiger partial charge on any atom is -0.377 e. The quantitative estimate of drug-likeness (QED) is 0.824. The molecule has 2 N–H and O–H groups in total. The Labute approximate surface area is 141 Å². The first-order chi connectivity index (χ1) is 11.9. The molecular weight excluding hydrogens is 339 g/mol. The van der Waals surface area contributed by atoms with Gasteiger partial charge in [0.25, 0.3) is 0 Å². The van der Waals surface area contributed by atoms with E-state index < -0.39 is 11.7 Å². The fourth-order valence-corrected chi connectivity index (χ4v) is 2.71. The first-order valence-electron chi connectivity index (χ1n) is 7.52. The summed E-state index contributed by atoms with van der Waals surface area (Å²) in [6, 6.07) is 7.77. The second-order valence-corrected chi connectivity index (χ2v) is 5.57. The summed E-state index contributed by atoms with van der Waals surface area (Å²) in [6.45, 7) is 1.30. The van der Waals surface area contributed by atoms with Gasteiger partial charge in [-0.1, -0.05) is 12.1 Å². The third kappa shape index (κ3) is 3.84. The van der Waals surface area contributed by atoms with Gasteiger partial charge in [0.15, 0.2) is 0 Å². The molecule has 1 atom stereocenters. The van der Waals surface area contributed by atoms with Gasteiger partial charge in [0, 0.05) is 6.54 Å². The highest BCUT2D eigenvalue weighted by molar-refractivity contribution is 5.49. The van der Waals surface area contributed by atoms with Crippen molar-refractivity contribution in [2.24, 2.45) is 0 Å². The molecule has 134 valence electrons. The SMILES string of the molecule is ON(O)c1ccc(N2CCOC[C@@H]2c2ccc(C(F)(F)F)cc2)nc1. The summed E-state index contributed by atoms with van der Waals surface area (Å²) in [6.07, 6.45) is -3.09. The molecule has 6 nitrogen and oxygen atoms in total. The van der Waals surface area contributed by atoms with Gasteiger partial charge >= 0.3 is 6.18 Å². The molecule has 25 heavy (non-hydrogen) atoms. The van der Waals surface area contributed by atoms with Gasteiger partial charge in [-0.25, -0.2) is 4.98 Å². The molecule has 3 rings (SSSR count). The predicted octanol–water partition coefficient (Wildman–Crippen LogP) is 3.26. The number of anilines is 2. The second-order valence-electron chi connectivity index (χ2n) is 5.57. The zero-order valence-corrected chi connectivity index (χ0v) is 13.0.